The van der Waals surface area contributed by atoms with Crippen molar-refractivity contribution in [1.82, 2.24) is 0 Å². The average molecular weight is 294 g/mol. The highest BCUT2D eigenvalue weighted by Gasteiger charge is 2.36. The number of benzene rings is 2. The Balaban J connectivity index is 2.13. The Bertz CT molecular complexity index is 749. The number of hydrogen-bond acceptors (Lipinski definition) is 3. The van der Waals surface area contributed by atoms with Crippen molar-refractivity contribution in [2.24, 2.45) is 0 Å². The number of fused-ring (bicyclic) bond motifs is 1. The predicted octanol–water partition coefficient (Wildman–Crippen LogP) is 3.42. The first-order chi connectivity index (χ1) is 9.86. The molecular formula is C15H9F3O3. The molecule has 0 spiro atoms. The Hall–Kier alpha value is -2.37. The molecule has 0 N–H and O–H groups in total. The van der Waals surface area contributed by atoms with Gasteiger partial charge in [-0.1, -0.05) is 24.3 Å². The Morgan fingerprint density at radius 2 is 1.86 bits per heavy atom. The van der Waals surface area contributed by atoms with Crippen LogP contribution in [-0.2, 0) is 20.5 Å². The van der Waals surface area contributed by atoms with Gasteiger partial charge in [-0.2, -0.15) is 13.2 Å². The molecule has 0 amide bonds. The molecule has 0 saturated carbocycles. The molecule has 108 valence electrons. The lowest BCUT2D eigenvalue weighted by Crippen LogP contribution is -2.07. The fraction of sp³-hybridized carbons (Fsp3) is 0.200. The third kappa shape index (κ3) is 2.37. The molecule has 2 aromatic carbocycles. The molecule has 1 aliphatic rings. The van der Waals surface area contributed by atoms with Crippen LogP contribution < -0.4 is 0 Å². The van der Waals surface area contributed by atoms with Crippen LogP contribution in [0.2, 0.25) is 0 Å². The lowest BCUT2D eigenvalue weighted by molar-refractivity contribution is -0.152. The Morgan fingerprint density at radius 3 is 2.48 bits per heavy atom. The summed E-state index contributed by atoms with van der Waals surface area (Å²) in [5.74, 6) is -2.03. The quantitative estimate of drug-likeness (QED) is 0.598. The zero-order valence-corrected chi connectivity index (χ0v) is 10.6. The number of rotatable bonds is 1. The molecule has 1 aliphatic heterocycles. The number of esters is 2. The Kier molecular flexibility index (Phi) is 2.97. The highest BCUT2D eigenvalue weighted by atomic mass is 19.4. The van der Waals surface area contributed by atoms with Gasteiger partial charge in [-0.15, -0.1) is 0 Å². The largest absolute Gasteiger partial charge is 0.416 e. The maximum absolute atomic E-state index is 12.7. The number of hydrogen-bond donors (Lipinski definition) is 0. The molecule has 1 fully saturated rings. The first-order valence-electron chi connectivity index (χ1n) is 6.20. The lowest BCUT2D eigenvalue weighted by atomic mass is 9.91. The van der Waals surface area contributed by atoms with Crippen molar-refractivity contribution < 1.29 is 27.5 Å². The van der Waals surface area contributed by atoms with E-state index in [4.69, 9.17) is 0 Å². The van der Waals surface area contributed by atoms with E-state index in [2.05, 4.69) is 4.74 Å². The number of ether oxygens (including phenoxy) is 1. The third-order valence-corrected chi connectivity index (χ3v) is 3.49. The zero-order valence-electron chi connectivity index (χ0n) is 10.6. The van der Waals surface area contributed by atoms with E-state index in [9.17, 15) is 22.8 Å². The molecule has 2 aromatic rings. The van der Waals surface area contributed by atoms with Gasteiger partial charge in [0.05, 0.1) is 17.9 Å². The van der Waals surface area contributed by atoms with Crippen molar-refractivity contribution in [2.45, 2.75) is 18.5 Å². The molecule has 1 heterocycles. The van der Waals surface area contributed by atoms with Crippen LogP contribution in [0.1, 0.15) is 23.5 Å². The van der Waals surface area contributed by atoms with Gasteiger partial charge in [-0.25, -0.2) is 0 Å². The molecular weight excluding hydrogens is 285 g/mol. The second-order valence-corrected chi connectivity index (χ2v) is 4.83. The van der Waals surface area contributed by atoms with Crippen LogP contribution in [0.15, 0.2) is 36.4 Å². The summed E-state index contributed by atoms with van der Waals surface area (Å²) in [5.41, 5.74) is -0.241. The molecule has 0 bridgehead atoms. The van der Waals surface area contributed by atoms with Crippen molar-refractivity contribution in [3.8, 4) is 0 Å². The summed E-state index contributed by atoms with van der Waals surface area (Å²) < 4.78 is 42.6. The summed E-state index contributed by atoms with van der Waals surface area (Å²) in [5, 5.41) is 0.886. The van der Waals surface area contributed by atoms with Crippen molar-refractivity contribution >= 4 is 22.7 Å². The van der Waals surface area contributed by atoms with Gasteiger partial charge in [0.1, 0.15) is 0 Å². The fourth-order valence-corrected chi connectivity index (χ4v) is 2.50. The highest BCUT2D eigenvalue weighted by molar-refractivity contribution is 6.01. The Morgan fingerprint density at radius 1 is 1.10 bits per heavy atom. The van der Waals surface area contributed by atoms with Crippen molar-refractivity contribution in [2.75, 3.05) is 0 Å². The molecule has 6 heteroatoms. The van der Waals surface area contributed by atoms with E-state index in [1.807, 2.05) is 0 Å². The van der Waals surface area contributed by atoms with Crippen LogP contribution in [0, 0.1) is 0 Å². The lowest BCUT2D eigenvalue weighted by Gasteiger charge is -2.12. The summed E-state index contributed by atoms with van der Waals surface area (Å²) in [4.78, 5) is 22.8. The maximum atomic E-state index is 12.7. The molecule has 0 radical (unpaired) electrons. The summed E-state index contributed by atoms with van der Waals surface area (Å²) in [6, 6.07) is 8.04. The minimum absolute atomic E-state index is 0.0844. The summed E-state index contributed by atoms with van der Waals surface area (Å²) in [7, 11) is 0. The van der Waals surface area contributed by atoms with Gasteiger partial charge >= 0.3 is 18.1 Å². The van der Waals surface area contributed by atoms with Crippen LogP contribution in [0.25, 0.3) is 10.8 Å². The summed E-state index contributed by atoms with van der Waals surface area (Å²) in [6.07, 6.45) is -4.51. The third-order valence-electron chi connectivity index (χ3n) is 3.49. The normalized spacial score (nSPS) is 19.1. The molecule has 1 saturated heterocycles. The minimum Gasteiger partial charge on any atom is -0.393 e. The highest BCUT2D eigenvalue weighted by Crippen LogP contribution is 2.36. The zero-order chi connectivity index (χ0) is 15.2. The average Bonchev–Trinajstić information content (AvgIpc) is 2.75. The molecule has 21 heavy (non-hydrogen) atoms. The summed E-state index contributed by atoms with van der Waals surface area (Å²) in [6.45, 7) is 0. The van der Waals surface area contributed by atoms with Crippen LogP contribution in [0.3, 0.4) is 0 Å². The summed E-state index contributed by atoms with van der Waals surface area (Å²) >= 11 is 0. The SMILES string of the molecule is O=C1CC(c2cccc3cc(C(F)(F)F)ccc23)C(=O)O1. The van der Waals surface area contributed by atoms with E-state index >= 15 is 0 Å². The topological polar surface area (TPSA) is 43.4 Å². The number of carbonyl (C=O) groups excluding carboxylic acids is 2. The molecule has 3 rings (SSSR count). The second kappa shape index (κ2) is 4.58. The molecule has 0 aliphatic carbocycles. The smallest absolute Gasteiger partial charge is 0.393 e. The first-order valence-corrected chi connectivity index (χ1v) is 6.20. The van der Waals surface area contributed by atoms with E-state index in [1.165, 1.54) is 12.1 Å². The van der Waals surface area contributed by atoms with Gasteiger partial charge in [0.25, 0.3) is 0 Å². The van der Waals surface area contributed by atoms with Gasteiger partial charge in [-0.3, -0.25) is 9.59 Å². The van der Waals surface area contributed by atoms with Crippen LogP contribution in [0.4, 0.5) is 13.2 Å². The van der Waals surface area contributed by atoms with Crippen molar-refractivity contribution in [3.63, 3.8) is 0 Å². The van der Waals surface area contributed by atoms with Crippen LogP contribution in [0.5, 0.6) is 0 Å². The minimum atomic E-state index is -4.42. The van der Waals surface area contributed by atoms with Gasteiger partial charge in [0.15, 0.2) is 0 Å². The maximum Gasteiger partial charge on any atom is 0.416 e. The van der Waals surface area contributed by atoms with E-state index < -0.39 is 29.6 Å². The van der Waals surface area contributed by atoms with Gasteiger partial charge in [0, 0.05) is 0 Å². The number of alkyl halides is 3. The van der Waals surface area contributed by atoms with Crippen LogP contribution in [-0.4, -0.2) is 11.9 Å². The van der Waals surface area contributed by atoms with Crippen LogP contribution >= 0.6 is 0 Å². The fourth-order valence-electron chi connectivity index (χ4n) is 2.50. The van der Waals surface area contributed by atoms with Gasteiger partial charge < -0.3 is 4.74 Å². The van der Waals surface area contributed by atoms with E-state index in [1.54, 1.807) is 12.1 Å². The standard InChI is InChI=1S/C15H9F3O3/c16-15(17,18)9-4-5-10-8(6-9)2-1-3-11(10)12-7-13(19)21-14(12)20/h1-6,12H,7H2. The van der Waals surface area contributed by atoms with Gasteiger partial charge in [-0.05, 0) is 28.5 Å². The molecule has 1 atom stereocenters. The van der Waals surface area contributed by atoms with Gasteiger partial charge in [0.2, 0.25) is 0 Å². The Labute approximate surface area is 117 Å². The molecule has 0 aromatic heterocycles. The first kappa shape index (κ1) is 13.6. The van der Waals surface area contributed by atoms with E-state index in [0.717, 1.165) is 12.1 Å². The number of carbonyl (C=O) groups is 2. The molecule has 1 unspecified atom stereocenters. The predicted molar refractivity (Wildman–Crippen MR) is 67.4 cm³/mol. The second-order valence-electron chi connectivity index (χ2n) is 4.83. The van der Waals surface area contributed by atoms with Crippen molar-refractivity contribution in [3.05, 3.63) is 47.5 Å². The monoisotopic (exact) mass is 294 g/mol. The number of halogens is 3. The molecule has 3 nitrogen and oxygen atoms in total. The number of cyclic esters (lactones) is 2. The van der Waals surface area contributed by atoms with E-state index in [0.29, 0.717) is 16.3 Å². The van der Waals surface area contributed by atoms with E-state index in [-0.39, 0.29) is 6.42 Å². The van der Waals surface area contributed by atoms with Crippen molar-refractivity contribution in [1.29, 1.82) is 0 Å².